The predicted molar refractivity (Wildman–Crippen MR) is 93.0 cm³/mol. The van der Waals surface area contributed by atoms with Crippen molar-refractivity contribution in [3.63, 3.8) is 0 Å². The van der Waals surface area contributed by atoms with Crippen LogP contribution >= 0.6 is 19.4 Å². The third-order valence-corrected chi connectivity index (χ3v) is 3.10. The molecular formula is C18H26Cl2Ru. The second-order valence-corrected chi connectivity index (χ2v) is 7.48. The molecule has 0 aliphatic heterocycles. The third-order valence-electron chi connectivity index (χ3n) is 3.10. The van der Waals surface area contributed by atoms with Gasteiger partial charge in [-0.1, -0.05) is 52.4 Å². The summed E-state index contributed by atoms with van der Waals surface area (Å²) in [6.07, 6.45) is 7.75. The van der Waals surface area contributed by atoms with Crippen LogP contribution < -0.4 is 0 Å². The second-order valence-electron chi connectivity index (χ2n) is 4.84. The van der Waals surface area contributed by atoms with E-state index in [1.807, 2.05) is 0 Å². The van der Waals surface area contributed by atoms with Crippen LogP contribution in [0.2, 0.25) is 0 Å². The molecule has 0 aliphatic rings. The minimum atomic E-state index is -0.346. The van der Waals surface area contributed by atoms with E-state index in [0.29, 0.717) is 0 Å². The summed E-state index contributed by atoms with van der Waals surface area (Å²) in [6, 6.07) is 17.2. The molecule has 0 aliphatic carbocycles. The standard InChI is InChI=1S/2C9H13.2ClH.Ru/c2*1-2-3-6-9-7-4-5-8-9;;;/h2*4-5,7-8H,2-3,6H2,1H3;2*1H;/q2*-1;;;+4/p-2. The molecule has 0 spiro atoms. The van der Waals surface area contributed by atoms with Gasteiger partial charge in [0.2, 0.25) is 0 Å². The van der Waals surface area contributed by atoms with Crippen LogP contribution in [-0.4, -0.2) is 0 Å². The van der Waals surface area contributed by atoms with Gasteiger partial charge in [-0.15, -0.1) is 0 Å². The molecule has 0 amide bonds. The zero-order chi connectivity index (χ0) is 15.8. The molecule has 0 nitrogen and oxygen atoms in total. The van der Waals surface area contributed by atoms with E-state index in [4.69, 9.17) is 19.4 Å². The Bertz CT molecular complexity index is 341. The summed E-state index contributed by atoms with van der Waals surface area (Å²) in [5.74, 6) is 0. The Hall–Kier alpha value is -0.0966. The fourth-order valence-corrected chi connectivity index (χ4v) is 1.92. The quantitative estimate of drug-likeness (QED) is 0.357. The number of rotatable bonds is 6. The summed E-state index contributed by atoms with van der Waals surface area (Å²) in [7, 11) is 9.71. The molecule has 120 valence electrons. The summed E-state index contributed by atoms with van der Waals surface area (Å²) >= 11 is -0.346. The number of aryl methyl sites for hydroxylation is 2. The topological polar surface area (TPSA) is 0 Å². The van der Waals surface area contributed by atoms with Gasteiger partial charge in [0.05, 0.1) is 0 Å². The molecule has 0 fully saturated rings. The first-order valence-electron chi connectivity index (χ1n) is 7.54. The first-order chi connectivity index (χ1) is 10.3. The zero-order valence-electron chi connectivity index (χ0n) is 13.0. The minimum absolute atomic E-state index is 0.346. The number of unbranched alkanes of at least 4 members (excludes halogenated alkanes) is 2. The van der Waals surface area contributed by atoms with Crippen molar-refractivity contribution < 1.29 is 15.1 Å². The molecule has 2 rings (SSSR count). The maximum atomic E-state index is 4.85. The summed E-state index contributed by atoms with van der Waals surface area (Å²) in [4.78, 5) is 0. The van der Waals surface area contributed by atoms with E-state index in [1.54, 1.807) is 0 Å². The number of hydrogen-bond acceptors (Lipinski definition) is 0. The molecule has 0 N–H and O–H groups in total. The number of hydrogen-bond donors (Lipinski definition) is 0. The predicted octanol–water partition coefficient (Wildman–Crippen LogP) is 6.87. The van der Waals surface area contributed by atoms with E-state index >= 15 is 0 Å². The van der Waals surface area contributed by atoms with E-state index in [0.717, 1.165) is 0 Å². The molecule has 0 radical (unpaired) electrons. The molecule has 2 aromatic rings. The van der Waals surface area contributed by atoms with Crippen LogP contribution in [0.25, 0.3) is 0 Å². The van der Waals surface area contributed by atoms with Gasteiger partial charge in [0.25, 0.3) is 0 Å². The summed E-state index contributed by atoms with van der Waals surface area (Å²) in [6.45, 7) is 4.45. The molecule has 0 saturated heterocycles. The van der Waals surface area contributed by atoms with E-state index in [1.165, 1.54) is 49.7 Å². The SMILES string of the molecule is CCCC[c-]1cccc1.CCCC[c-]1cccc1.[Cl][Ru+2][Cl]. The molecule has 3 heteroatoms. The Labute approximate surface area is 146 Å². The van der Waals surface area contributed by atoms with Crippen molar-refractivity contribution >= 4 is 19.4 Å². The summed E-state index contributed by atoms with van der Waals surface area (Å²) < 4.78 is 0. The molecule has 0 saturated carbocycles. The fourth-order valence-electron chi connectivity index (χ4n) is 1.92. The van der Waals surface area contributed by atoms with Crippen LogP contribution in [-0.2, 0) is 28.0 Å². The van der Waals surface area contributed by atoms with Crippen molar-refractivity contribution in [3.8, 4) is 0 Å². The molecule has 0 atom stereocenters. The molecule has 21 heavy (non-hydrogen) atoms. The van der Waals surface area contributed by atoms with Crippen LogP contribution in [0.15, 0.2) is 48.5 Å². The van der Waals surface area contributed by atoms with Crippen LogP contribution in [0.1, 0.15) is 50.7 Å². The fraction of sp³-hybridized carbons (Fsp3) is 0.444. The van der Waals surface area contributed by atoms with Gasteiger partial charge in [-0.05, 0) is 0 Å². The zero-order valence-corrected chi connectivity index (χ0v) is 16.2. The molecule has 0 heterocycles. The molecular weight excluding hydrogens is 388 g/mol. The molecule has 0 aromatic heterocycles. The van der Waals surface area contributed by atoms with Gasteiger partial charge in [-0.3, -0.25) is 0 Å². The maximum absolute atomic E-state index is 4.85. The van der Waals surface area contributed by atoms with E-state index in [2.05, 4.69) is 62.4 Å². The Kier molecular flexibility index (Phi) is 16.2. The van der Waals surface area contributed by atoms with Crippen molar-refractivity contribution in [1.82, 2.24) is 0 Å². The van der Waals surface area contributed by atoms with Crippen molar-refractivity contribution in [3.05, 3.63) is 59.7 Å². The van der Waals surface area contributed by atoms with Gasteiger partial charge in [0.15, 0.2) is 0 Å². The van der Waals surface area contributed by atoms with Gasteiger partial charge in [-0.25, -0.2) is 24.3 Å². The van der Waals surface area contributed by atoms with Crippen LogP contribution in [0.3, 0.4) is 0 Å². The molecule has 2 aromatic carbocycles. The van der Waals surface area contributed by atoms with Gasteiger partial charge in [0, 0.05) is 0 Å². The summed E-state index contributed by atoms with van der Waals surface area (Å²) in [5, 5.41) is 0. The van der Waals surface area contributed by atoms with E-state index in [9.17, 15) is 0 Å². The monoisotopic (exact) mass is 414 g/mol. The summed E-state index contributed by atoms with van der Waals surface area (Å²) in [5.41, 5.74) is 2.97. The Morgan fingerprint density at radius 3 is 1.24 bits per heavy atom. The van der Waals surface area contributed by atoms with E-state index < -0.39 is 0 Å². The molecule has 0 bridgehead atoms. The van der Waals surface area contributed by atoms with Crippen molar-refractivity contribution in [1.29, 1.82) is 0 Å². The average molecular weight is 414 g/mol. The molecule has 0 unspecified atom stereocenters. The average Bonchev–Trinajstić information content (AvgIpc) is 3.18. The first-order valence-corrected chi connectivity index (χ1v) is 12.0. The third kappa shape index (κ3) is 13.3. The Morgan fingerprint density at radius 2 is 1.00 bits per heavy atom. The first kappa shape index (κ1) is 20.9. The normalized spacial score (nSPS) is 9.33. The van der Waals surface area contributed by atoms with Gasteiger partial charge >= 0.3 is 34.5 Å². The Morgan fingerprint density at radius 1 is 0.714 bits per heavy atom. The van der Waals surface area contributed by atoms with Crippen molar-refractivity contribution in [2.24, 2.45) is 0 Å². The van der Waals surface area contributed by atoms with Crippen molar-refractivity contribution in [2.75, 3.05) is 0 Å². The van der Waals surface area contributed by atoms with Crippen LogP contribution in [0.5, 0.6) is 0 Å². The van der Waals surface area contributed by atoms with Crippen molar-refractivity contribution in [2.45, 2.75) is 52.4 Å². The van der Waals surface area contributed by atoms with Gasteiger partial charge < -0.3 is 0 Å². The van der Waals surface area contributed by atoms with Crippen LogP contribution in [0, 0.1) is 0 Å². The number of halogens is 2. The van der Waals surface area contributed by atoms with Gasteiger partial charge in [-0.2, -0.15) is 35.4 Å². The second kappa shape index (κ2) is 16.3. The van der Waals surface area contributed by atoms with Crippen LogP contribution in [0.4, 0.5) is 0 Å². The van der Waals surface area contributed by atoms with E-state index in [-0.39, 0.29) is 15.1 Å². The Balaban J connectivity index is 0.000000322. The van der Waals surface area contributed by atoms with Gasteiger partial charge in [0.1, 0.15) is 0 Å².